The average molecular weight is 332 g/mol. The molecule has 4 atom stereocenters. The van der Waals surface area contributed by atoms with Gasteiger partial charge < -0.3 is 34.3 Å². The Morgan fingerprint density at radius 1 is 1.13 bits per heavy atom. The Hall–Kier alpha value is -0.770. The number of hydrogen-bond acceptors (Lipinski definition) is 7. The largest absolute Gasteiger partial charge is 0.477 e. The predicted octanol–water partition coefficient (Wildman–Crippen LogP) is 0.348. The summed E-state index contributed by atoms with van der Waals surface area (Å²) in [5, 5.41) is 30.1. The van der Waals surface area contributed by atoms with Crippen LogP contribution >= 0.6 is 0 Å². The van der Waals surface area contributed by atoms with Gasteiger partial charge in [-0.1, -0.05) is 6.42 Å². The van der Waals surface area contributed by atoms with Crippen molar-refractivity contribution < 1.29 is 39.1 Å². The number of aliphatic hydroxyl groups is 2. The number of rotatable bonds is 2. The maximum Gasteiger partial charge on any atom is 0.367 e. The van der Waals surface area contributed by atoms with Crippen LogP contribution in [0.4, 0.5) is 0 Å². The van der Waals surface area contributed by atoms with E-state index in [0.29, 0.717) is 12.8 Å². The fourth-order valence-electron chi connectivity index (χ4n) is 3.61. The predicted molar refractivity (Wildman–Crippen MR) is 75.3 cm³/mol. The molecule has 1 saturated carbocycles. The molecular weight excluding hydrogens is 308 g/mol. The summed E-state index contributed by atoms with van der Waals surface area (Å²) in [5.74, 6) is -6.31. The summed E-state index contributed by atoms with van der Waals surface area (Å²) in [6.07, 6.45) is 0.751. The first-order valence-corrected chi connectivity index (χ1v) is 8.01. The highest BCUT2D eigenvalue weighted by atomic mass is 16.8. The third-order valence-electron chi connectivity index (χ3n) is 4.67. The molecule has 0 aromatic carbocycles. The third-order valence-corrected chi connectivity index (χ3v) is 4.67. The number of carbonyl (C=O) groups is 1. The van der Waals surface area contributed by atoms with Crippen molar-refractivity contribution in [1.82, 2.24) is 0 Å². The van der Waals surface area contributed by atoms with Gasteiger partial charge in [-0.25, -0.2) is 4.79 Å². The van der Waals surface area contributed by atoms with E-state index in [1.807, 2.05) is 0 Å². The molecule has 3 rings (SSSR count). The molecule has 0 aromatic heterocycles. The minimum atomic E-state index is -2.58. The van der Waals surface area contributed by atoms with E-state index in [0.717, 1.165) is 19.3 Å². The van der Waals surface area contributed by atoms with Gasteiger partial charge in [-0.05, 0) is 26.7 Å². The van der Waals surface area contributed by atoms with Gasteiger partial charge >= 0.3 is 5.97 Å². The topological polar surface area (TPSA) is 115 Å². The zero-order valence-corrected chi connectivity index (χ0v) is 13.4. The fraction of sp³-hybridized carbons (Fsp3) is 0.933. The maximum atomic E-state index is 11.5. The van der Waals surface area contributed by atoms with Gasteiger partial charge in [0.05, 0.1) is 6.61 Å². The average Bonchev–Trinajstić information content (AvgIpc) is 2.74. The smallest absolute Gasteiger partial charge is 0.367 e. The Kier molecular flexibility index (Phi) is 4.19. The monoisotopic (exact) mass is 332 g/mol. The molecule has 2 saturated heterocycles. The molecule has 3 N–H and O–H groups in total. The first-order chi connectivity index (χ1) is 10.7. The van der Waals surface area contributed by atoms with Crippen LogP contribution in [-0.4, -0.2) is 63.6 Å². The minimum Gasteiger partial charge on any atom is -0.477 e. The molecule has 0 amide bonds. The molecule has 2 heterocycles. The first kappa shape index (κ1) is 17.1. The second kappa shape index (κ2) is 5.65. The van der Waals surface area contributed by atoms with Crippen molar-refractivity contribution in [3.05, 3.63) is 0 Å². The summed E-state index contributed by atoms with van der Waals surface area (Å²) in [4.78, 5) is 11.5. The quantitative estimate of drug-likeness (QED) is 0.663. The number of carboxylic acids is 1. The van der Waals surface area contributed by atoms with Crippen LogP contribution in [0, 0.1) is 0 Å². The lowest BCUT2D eigenvalue weighted by molar-refractivity contribution is -0.352. The van der Waals surface area contributed by atoms with Crippen LogP contribution < -0.4 is 0 Å². The van der Waals surface area contributed by atoms with Crippen molar-refractivity contribution in [2.45, 2.75) is 81.6 Å². The van der Waals surface area contributed by atoms with Gasteiger partial charge in [-0.3, -0.25) is 0 Å². The summed E-state index contributed by atoms with van der Waals surface area (Å²) >= 11 is 0. The number of aliphatic carboxylic acids is 1. The van der Waals surface area contributed by atoms with E-state index in [-0.39, 0.29) is 6.61 Å². The Morgan fingerprint density at radius 2 is 1.78 bits per heavy atom. The lowest BCUT2D eigenvalue weighted by Gasteiger charge is -2.47. The van der Waals surface area contributed by atoms with Crippen LogP contribution in [0.25, 0.3) is 0 Å². The number of carboxylic acid groups (broad SMARTS) is 1. The SMILES string of the molecule is CC1(C)O[C@@H]([C@@H]2OC3(CCCCC3)OC[C@@H]2O)[C@@](O)(C(=O)O)O1. The molecule has 0 bridgehead atoms. The highest BCUT2D eigenvalue weighted by molar-refractivity contribution is 5.76. The van der Waals surface area contributed by atoms with Crippen LogP contribution in [0.15, 0.2) is 0 Å². The number of aliphatic hydroxyl groups excluding tert-OH is 1. The molecule has 3 fully saturated rings. The van der Waals surface area contributed by atoms with Gasteiger partial charge in [0.2, 0.25) is 0 Å². The van der Waals surface area contributed by atoms with Crippen molar-refractivity contribution in [1.29, 1.82) is 0 Å². The Labute approximate surface area is 134 Å². The molecule has 8 nitrogen and oxygen atoms in total. The normalized spacial score (nSPS) is 42.7. The zero-order valence-electron chi connectivity index (χ0n) is 13.4. The molecule has 0 radical (unpaired) electrons. The minimum absolute atomic E-state index is 0.000649. The lowest BCUT2D eigenvalue weighted by Crippen LogP contribution is -2.62. The van der Waals surface area contributed by atoms with E-state index in [2.05, 4.69) is 0 Å². The van der Waals surface area contributed by atoms with Crippen molar-refractivity contribution in [3.8, 4) is 0 Å². The number of hydrogen-bond donors (Lipinski definition) is 3. The Balaban J connectivity index is 1.86. The van der Waals surface area contributed by atoms with Crippen molar-refractivity contribution >= 4 is 5.97 Å². The molecule has 8 heteroatoms. The standard InChI is InChI=1S/C15H24O8/c1-13(2)22-11(15(19,23-13)12(17)18)10-9(16)8-20-14(21-10)6-4-3-5-7-14/h9-11,16,19H,3-8H2,1-2H3,(H,17,18)/t9-,10+,11-,15-/m0/s1. The van der Waals surface area contributed by atoms with Crippen LogP contribution in [-0.2, 0) is 23.7 Å². The van der Waals surface area contributed by atoms with Crippen molar-refractivity contribution in [2.24, 2.45) is 0 Å². The van der Waals surface area contributed by atoms with E-state index < -0.39 is 41.6 Å². The van der Waals surface area contributed by atoms with Gasteiger partial charge in [0.1, 0.15) is 12.2 Å². The van der Waals surface area contributed by atoms with E-state index in [1.54, 1.807) is 0 Å². The van der Waals surface area contributed by atoms with Gasteiger partial charge in [0, 0.05) is 12.8 Å². The highest BCUT2D eigenvalue weighted by Gasteiger charge is 2.64. The van der Waals surface area contributed by atoms with E-state index in [1.165, 1.54) is 13.8 Å². The molecule has 3 aliphatic rings. The molecule has 0 aromatic rings. The first-order valence-electron chi connectivity index (χ1n) is 8.01. The van der Waals surface area contributed by atoms with Crippen LogP contribution in [0.3, 0.4) is 0 Å². The fourth-order valence-corrected chi connectivity index (χ4v) is 3.61. The summed E-state index contributed by atoms with van der Waals surface area (Å²) in [6, 6.07) is 0. The zero-order chi connectivity index (χ0) is 16.9. The summed E-state index contributed by atoms with van der Waals surface area (Å²) < 4.78 is 22.4. The number of ether oxygens (including phenoxy) is 4. The molecular formula is C15H24O8. The van der Waals surface area contributed by atoms with E-state index in [4.69, 9.17) is 18.9 Å². The second-order valence-corrected chi connectivity index (χ2v) is 6.97. The van der Waals surface area contributed by atoms with Crippen molar-refractivity contribution in [3.63, 3.8) is 0 Å². The molecule has 23 heavy (non-hydrogen) atoms. The second-order valence-electron chi connectivity index (χ2n) is 6.97. The summed E-state index contributed by atoms with van der Waals surface area (Å²) in [5.41, 5.74) is 0. The molecule has 0 unspecified atom stereocenters. The molecule has 1 spiro atoms. The van der Waals surface area contributed by atoms with Gasteiger partial charge in [-0.2, -0.15) is 0 Å². The highest BCUT2D eigenvalue weighted by Crippen LogP contribution is 2.43. The van der Waals surface area contributed by atoms with Crippen LogP contribution in [0.2, 0.25) is 0 Å². The molecule has 132 valence electrons. The Morgan fingerprint density at radius 3 is 2.39 bits per heavy atom. The van der Waals surface area contributed by atoms with E-state index in [9.17, 15) is 20.1 Å². The summed E-state index contributed by atoms with van der Waals surface area (Å²) in [6.45, 7) is 3.01. The molecule has 2 aliphatic heterocycles. The Bertz CT molecular complexity index is 472. The van der Waals surface area contributed by atoms with Gasteiger partial charge in [-0.15, -0.1) is 0 Å². The van der Waals surface area contributed by atoms with Crippen LogP contribution in [0.5, 0.6) is 0 Å². The van der Waals surface area contributed by atoms with Crippen LogP contribution in [0.1, 0.15) is 46.0 Å². The third kappa shape index (κ3) is 2.99. The van der Waals surface area contributed by atoms with Crippen molar-refractivity contribution in [2.75, 3.05) is 6.61 Å². The van der Waals surface area contributed by atoms with Gasteiger partial charge in [0.15, 0.2) is 17.7 Å². The van der Waals surface area contributed by atoms with E-state index >= 15 is 0 Å². The molecule has 1 aliphatic carbocycles. The summed E-state index contributed by atoms with van der Waals surface area (Å²) in [7, 11) is 0. The lowest BCUT2D eigenvalue weighted by atomic mass is 9.91. The maximum absolute atomic E-state index is 11.5. The van der Waals surface area contributed by atoms with Gasteiger partial charge in [0.25, 0.3) is 5.79 Å².